The van der Waals surface area contributed by atoms with Gasteiger partial charge in [-0.25, -0.2) is 4.98 Å². The first kappa shape index (κ1) is 18.8. The summed E-state index contributed by atoms with van der Waals surface area (Å²) in [6, 6.07) is 21.6. The van der Waals surface area contributed by atoms with Crippen LogP contribution in [0, 0.1) is 0 Å². The first-order valence-corrected chi connectivity index (χ1v) is 9.57. The Hall–Kier alpha value is -2.59. The first-order chi connectivity index (χ1) is 13.5. The maximum Gasteiger partial charge on any atom is 0.256 e. The Bertz CT molecular complexity index is 1190. The van der Waals surface area contributed by atoms with Crippen molar-refractivity contribution in [1.82, 2.24) is 4.98 Å². The van der Waals surface area contributed by atoms with E-state index in [4.69, 9.17) is 34.8 Å². The Labute approximate surface area is 176 Å². The molecule has 0 fully saturated rings. The fourth-order valence-corrected chi connectivity index (χ4v) is 3.33. The Morgan fingerprint density at radius 3 is 2.32 bits per heavy atom. The summed E-state index contributed by atoms with van der Waals surface area (Å²) in [6.07, 6.45) is 0. The molecule has 0 bridgehead atoms. The second-order valence-corrected chi connectivity index (χ2v) is 7.41. The highest BCUT2D eigenvalue weighted by Crippen LogP contribution is 2.28. The van der Waals surface area contributed by atoms with Gasteiger partial charge in [-0.05, 0) is 42.5 Å². The Kier molecular flexibility index (Phi) is 5.23. The number of carbonyl (C=O) groups excluding carboxylic acids is 1. The number of rotatable bonds is 3. The largest absolute Gasteiger partial charge is 0.322 e. The third-order valence-electron chi connectivity index (χ3n) is 4.28. The van der Waals surface area contributed by atoms with Crippen molar-refractivity contribution in [2.45, 2.75) is 0 Å². The number of hydrogen-bond donors (Lipinski definition) is 1. The second-order valence-electron chi connectivity index (χ2n) is 6.16. The van der Waals surface area contributed by atoms with E-state index in [0.29, 0.717) is 32.0 Å². The molecule has 0 aliphatic carbocycles. The molecule has 0 atom stereocenters. The minimum Gasteiger partial charge on any atom is -0.322 e. The smallest absolute Gasteiger partial charge is 0.256 e. The van der Waals surface area contributed by atoms with Crippen molar-refractivity contribution < 1.29 is 4.79 Å². The van der Waals surface area contributed by atoms with E-state index < -0.39 is 0 Å². The zero-order valence-corrected chi connectivity index (χ0v) is 16.7. The third kappa shape index (κ3) is 3.83. The molecule has 0 saturated heterocycles. The number of pyridine rings is 1. The van der Waals surface area contributed by atoms with Gasteiger partial charge < -0.3 is 5.32 Å². The summed E-state index contributed by atoms with van der Waals surface area (Å²) in [4.78, 5) is 17.7. The lowest BCUT2D eigenvalue weighted by Gasteiger charge is -2.11. The molecule has 138 valence electrons. The van der Waals surface area contributed by atoms with Crippen molar-refractivity contribution in [3.63, 3.8) is 0 Å². The molecule has 6 heteroatoms. The van der Waals surface area contributed by atoms with Crippen molar-refractivity contribution in [1.29, 1.82) is 0 Å². The highest BCUT2D eigenvalue weighted by molar-refractivity contribution is 6.42. The number of fused-ring (bicyclic) bond motifs is 1. The fourth-order valence-electron chi connectivity index (χ4n) is 2.90. The summed E-state index contributed by atoms with van der Waals surface area (Å²) < 4.78 is 0. The van der Waals surface area contributed by atoms with Gasteiger partial charge >= 0.3 is 0 Å². The van der Waals surface area contributed by atoms with Crippen molar-refractivity contribution in [2.24, 2.45) is 0 Å². The minimum atomic E-state index is -0.257. The number of nitrogens with zero attached hydrogens (tertiary/aromatic N) is 1. The van der Waals surface area contributed by atoms with Crippen LogP contribution in [0.2, 0.25) is 15.1 Å². The molecule has 4 aromatic rings. The average molecular weight is 428 g/mol. The topological polar surface area (TPSA) is 42.0 Å². The molecule has 3 aromatic carbocycles. The van der Waals surface area contributed by atoms with Crippen LogP contribution in [-0.4, -0.2) is 10.9 Å². The second kappa shape index (κ2) is 7.80. The van der Waals surface area contributed by atoms with E-state index in [1.54, 1.807) is 36.4 Å². The predicted octanol–water partition coefficient (Wildman–Crippen LogP) is 7.11. The van der Waals surface area contributed by atoms with Crippen molar-refractivity contribution in [2.75, 3.05) is 5.32 Å². The Morgan fingerprint density at radius 2 is 1.57 bits per heavy atom. The summed E-state index contributed by atoms with van der Waals surface area (Å²) in [6.45, 7) is 0. The zero-order valence-electron chi connectivity index (χ0n) is 14.4. The number of anilines is 1. The van der Waals surface area contributed by atoms with E-state index in [1.165, 1.54) is 0 Å². The summed E-state index contributed by atoms with van der Waals surface area (Å²) in [5, 5.41) is 5.08. The van der Waals surface area contributed by atoms with Crippen molar-refractivity contribution in [3.05, 3.63) is 93.4 Å². The van der Waals surface area contributed by atoms with Gasteiger partial charge in [0.15, 0.2) is 0 Å². The van der Waals surface area contributed by atoms with Gasteiger partial charge in [0, 0.05) is 21.7 Å². The minimum absolute atomic E-state index is 0.257. The van der Waals surface area contributed by atoms with Crippen LogP contribution in [0.3, 0.4) is 0 Å². The third-order valence-corrected chi connectivity index (χ3v) is 5.27. The lowest BCUT2D eigenvalue weighted by Crippen LogP contribution is -2.13. The molecule has 0 saturated carbocycles. The Balaban J connectivity index is 1.79. The highest BCUT2D eigenvalue weighted by atomic mass is 35.5. The van der Waals surface area contributed by atoms with Crippen LogP contribution in [0.4, 0.5) is 5.69 Å². The zero-order chi connectivity index (χ0) is 19.7. The SMILES string of the molecule is O=C(Nc1ccc(Cl)c(Cl)c1)c1cc(-c2ccc(Cl)cc2)nc2ccccc12. The van der Waals surface area contributed by atoms with E-state index >= 15 is 0 Å². The van der Waals surface area contributed by atoms with Crippen molar-refractivity contribution in [3.8, 4) is 11.3 Å². The van der Waals surface area contributed by atoms with Crippen LogP contribution in [0.25, 0.3) is 22.2 Å². The van der Waals surface area contributed by atoms with Gasteiger partial charge in [0.2, 0.25) is 0 Å². The number of nitrogens with one attached hydrogen (secondary N) is 1. The summed E-state index contributed by atoms with van der Waals surface area (Å²) in [7, 11) is 0. The molecular weight excluding hydrogens is 415 g/mol. The normalized spacial score (nSPS) is 10.8. The highest BCUT2D eigenvalue weighted by Gasteiger charge is 2.14. The number of carbonyl (C=O) groups is 1. The van der Waals surface area contributed by atoms with Crippen LogP contribution >= 0.6 is 34.8 Å². The van der Waals surface area contributed by atoms with E-state index in [0.717, 1.165) is 16.5 Å². The molecule has 1 amide bonds. The Morgan fingerprint density at radius 1 is 0.821 bits per heavy atom. The first-order valence-electron chi connectivity index (χ1n) is 8.43. The lowest BCUT2D eigenvalue weighted by atomic mass is 10.0. The number of benzene rings is 3. The van der Waals surface area contributed by atoms with E-state index in [-0.39, 0.29) is 5.91 Å². The molecule has 1 aromatic heterocycles. The van der Waals surface area contributed by atoms with Crippen LogP contribution in [0.15, 0.2) is 72.8 Å². The predicted molar refractivity (Wildman–Crippen MR) is 117 cm³/mol. The fraction of sp³-hybridized carbons (Fsp3) is 0. The van der Waals surface area contributed by atoms with Crippen LogP contribution in [0.1, 0.15) is 10.4 Å². The molecular formula is C22H13Cl3N2O. The van der Waals surface area contributed by atoms with E-state index in [9.17, 15) is 4.79 Å². The number of aromatic nitrogens is 1. The number of halogens is 3. The van der Waals surface area contributed by atoms with Gasteiger partial charge in [-0.2, -0.15) is 0 Å². The average Bonchev–Trinajstić information content (AvgIpc) is 2.70. The molecule has 0 aliphatic heterocycles. The number of hydrogen-bond acceptors (Lipinski definition) is 2. The monoisotopic (exact) mass is 426 g/mol. The molecule has 3 nitrogen and oxygen atoms in total. The number of para-hydroxylation sites is 1. The molecule has 0 aliphatic rings. The maximum absolute atomic E-state index is 13.0. The van der Waals surface area contributed by atoms with Gasteiger partial charge in [-0.3, -0.25) is 4.79 Å². The number of amides is 1. The molecule has 0 radical (unpaired) electrons. The molecule has 4 rings (SSSR count). The quantitative estimate of drug-likeness (QED) is 0.378. The van der Waals surface area contributed by atoms with Gasteiger partial charge in [0.1, 0.15) is 0 Å². The lowest BCUT2D eigenvalue weighted by molar-refractivity contribution is 0.102. The maximum atomic E-state index is 13.0. The summed E-state index contributed by atoms with van der Waals surface area (Å²) in [5.41, 5.74) is 3.37. The van der Waals surface area contributed by atoms with Gasteiger partial charge in [0.05, 0.1) is 26.8 Å². The molecule has 28 heavy (non-hydrogen) atoms. The molecule has 1 heterocycles. The molecule has 0 spiro atoms. The van der Waals surface area contributed by atoms with E-state index in [1.807, 2.05) is 36.4 Å². The van der Waals surface area contributed by atoms with Crippen LogP contribution in [-0.2, 0) is 0 Å². The van der Waals surface area contributed by atoms with E-state index in [2.05, 4.69) is 10.3 Å². The van der Waals surface area contributed by atoms with Crippen molar-refractivity contribution >= 4 is 57.3 Å². The summed E-state index contributed by atoms with van der Waals surface area (Å²) >= 11 is 18.0. The van der Waals surface area contributed by atoms with Gasteiger partial charge in [0.25, 0.3) is 5.91 Å². The van der Waals surface area contributed by atoms with Crippen LogP contribution < -0.4 is 5.32 Å². The standard InChI is InChI=1S/C22H13Cl3N2O/c23-14-7-5-13(6-8-14)21-12-17(16-3-1-2-4-20(16)27-21)22(28)26-15-9-10-18(24)19(25)11-15/h1-12H,(H,26,28). The van der Waals surface area contributed by atoms with Crippen LogP contribution in [0.5, 0.6) is 0 Å². The molecule has 1 N–H and O–H groups in total. The van der Waals surface area contributed by atoms with Gasteiger partial charge in [-0.15, -0.1) is 0 Å². The molecule has 0 unspecified atom stereocenters. The summed E-state index contributed by atoms with van der Waals surface area (Å²) in [5.74, 6) is -0.257. The van der Waals surface area contributed by atoms with Gasteiger partial charge in [-0.1, -0.05) is 65.1 Å².